The molecule has 1 amide bonds. The number of carbonyl (C=O) groups is 1. The van der Waals surface area contributed by atoms with Crippen molar-refractivity contribution in [2.24, 2.45) is 0 Å². The minimum Gasteiger partial charge on any atom is -0.309 e. The molecule has 2 aromatic rings. The number of sulfonamides is 1. The minimum atomic E-state index is -3.53. The van der Waals surface area contributed by atoms with Crippen molar-refractivity contribution in [3.63, 3.8) is 0 Å². The second-order valence-electron chi connectivity index (χ2n) is 4.94. The van der Waals surface area contributed by atoms with Gasteiger partial charge in [-0.1, -0.05) is 35.0 Å². The third-order valence-electron chi connectivity index (χ3n) is 2.90. The van der Waals surface area contributed by atoms with Gasteiger partial charge in [-0.25, -0.2) is 22.7 Å². The van der Waals surface area contributed by atoms with Gasteiger partial charge < -0.3 is 5.32 Å². The molecule has 25 heavy (non-hydrogen) atoms. The van der Waals surface area contributed by atoms with E-state index in [-0.39, 0.29) is 27.4 Å². The van der Waals surface area contributed by atoms with Crippen LogP contribution in [0.15, 0.2) is 40.5 Å². The van der Waals surface area contributed by atoms with Crippen LogP contribution >= 0.6 is 35.0 Å². The van der Waals surface area contributed by atoms with Crippen LogP contribution in [0.4, 0.5) is 5.82 Å². The van der Waals surface area contributed by atoms with E-state index in [1.165, 1.54) is 38.6 Å². The molecule has 0 aliphatic heterocycles. The van der Waals surface area contributed by atoms with Crippen molar-refractivity contribution in [2.75, 3.05) is 25.2 Å². The van der Waals surface area contributed by atoms with Gasteiger partial charge in [-0.15, -0.1) is 0 Å². The van der Waals surface area contributed by atoms with E-state index in [0.717, 1.165) is 16.1 Å². The number of halogens is 2. The first kappa shape index (κ1) is 19.9. The molecule has 0 aliphatic carbocycles. The fourth-order valence-corrected chi connectivity index (χ4v) is 3.55. The van der Waals surface area contributed by atoms with Crippen LogP contribution in [0.5, 0.6) is 0 Å². The number of aromatic nitrogens is 2. The van der Waals surface area contributed by atoms with E-state index < -0.39 is 10.0 Å². The first-order valence-corrected chi connectivity index (χ1v) is 10.0. The first-order chi connectivity index (χ1) is 11.7. The summed E-state index contributed by atoms with van der Waals surface area (Å²) in [5.41, 5.74) is 0. The number of hydrogen-bond acceptors (Lipinski definition) is 6. The van der Waals surface area contributed by atoms with Gasteiger partial charge in [-0.3, -0.25) is 4.79 Å². The Bertz CT molecular complexity index is 874. The van der Waals surface area contributed by atoms with Gasteiger partial charge in [0.2, 0.25) is 15.9 Å². The van der Waals surface area contributed by atoms with E-state index in [1.54, 1.807) is 6.07 Å². The van der Waals surface area contributed by atoms with Gasteiger partial charge in [0.25, 0.3) is 0 Å². The van der Waals surface area contributed by atoms with E-state index in [0.29, 0.717) is 10.0 Å². The lowest BCUT2D eigenvalue weighted by Gasteiger charge is -2.11. The number of carbonyl (C=O) groups excluding carboxylic acids is 1. The normalized spacial score (nSPS) is 11.6. The Hall–Kier alpha value is -1.39. The van der Waals surface area contributed by atoms with Crippen molar-refractivity contribution in [2.45, 2.75) is 9.92 Å². The Labute approximate surface area is 159 Å². The molecule has 0 atom stereocenters. The molecule has 0 spiro atoms. The average Bonchev–Trinajstić information content (AvgIpc) is 2.56. The molecule has 134 valence electrons. The number of nitrogens with one attached hydrogen (secondary N) is 1. The molecule has 2 aromatic heterocycles. The van der Waals surface area contributed by atoms with Crippen LogP contribution in [0.1, 0.15) is 0 Å². The largest absolute Gasteiger partial charge is 0.309 e. The molecule has 2 heterocycles. The van der Waals surface area contributed by atoms with Crippen LogP contribution < -0.4 is 5.32 Å². The molecular formula is C14H14Cl2N4O3S2. The number of thioether (sulfide) groups is 1. The summed E-state index contributed by atoms with van der Waals surface area (Å²) < 4.78 is 25.0. The number of amides is 1. The van der Waals surface area contributed by atoms with Crippen molar-refractivity contribution in [3.8, 4) is 0 Å². The maximum absolute atomic E-state index is 12.0. The van der Waals surface area contributed by atoms with Crippen LogP contribution in [0.3, 0.4) is 0 Å². The Morgan fingerprint density at radius 1 is 1.24 bits per heavy atom. The fourth-order valence-electron chi connectivity index (χ4n) is 1.63. The quantitative estimate of drug-likeness (QED) is 0.722. The summed E-state index contributed by atoms with van der Waals surface area (Å²) in [6.45, 7) is 0. The van der Waals surface area contributed by atoms with Crippen molar-refractivity contribution >= 4 is 56.7 Å². The van der Waals surface area contributed by atoms with Crippen LogP contribution in [0.2, 0.25) is 10.0 Å². The lowest BCUT2D eigenvalue weighted by atomic mass is 10.4. The highest BCUT2D eigenvalue weighted by Gasteiger charge is 2.17. The number of pyridine rings is 2. The summed E-state index contributed by atoms with van der Waals surface area (Å²) in [6, 6.07) is 4.46. The Morgan fingerprint density at radius 3 is 2.52 bits per heavy atom. The Morgan fingerprint density at radius 2 is 1.96 bits per heavy atom. The Kier molecular flexibility index (Phi) is 6.64. The maximum atomic E-state index is 12.0. The second-order valence-corrected chi connectivity index (χ2v) is 8.93. The van der Waals surface area contributed by atoms with Crippen molar-refractivity contribution < 1.29 is 13.2 Å². The summed E-state index contributed by atoms with van der Waals surface area (Å²) >= 11 is 12.8. The minimum absolute atomic E-state index is 0.0629. The summed E-state index contributed by atoms with van der Waals surface area (Å²) in [5.74, 6) is -0.0431. The summed E-state index contributed by atoms with van der Waals surface area (Å²) in [4.78, 5) is 20.0. The number of nitrogens with zero attached hydrogens (tertiary/aromatic N) is 3. The Balaban J connectivity index is 1.96. The molecule has 0 saturated carbocycles. The molecule has 0 saturated heterocycles. The van der Waals surface area contributed by atoms with Crippen LogP contribution in [0, 0.1) is 0 Å². The van der Waals surface area contributed by atoms with E-state index in [4.69, 9.17) is 23.2 Å². The van der Waals surface area contributed by atoms with Gasteiger partial charge in [0, 0.05) is 26.5 Å². The van der Waals surface area contributed by atoms with Crippen molar-refractivity contribution in [1.29, 1.82) is 0 Å². The third-order valence-corrected chi connectivity index (χ3v) is 6.14. The number of hydrogen-bond donors (Lipinski definition) is 1. The molecule has 0 bridgehead atoms. The zero-order valence-electron chi connectivity index (χ0n) is 13.2. The van der Waals surface area contributed by atoms with Gasteiger partial charge in [0.1, 0.15) is 4.90 Å². The molecule has 7 nitrogen and oxygen atoms in total. The average molecular weight is 421 g/mol. The molecule has 2 rings (SSSR count). The van der Waals surface area contributed by atoms with E-state index in [2.05, 4.69) is 15.3 Å². The van der Waals surface area contributed by atoms with E-state index in [1.807, 2.05) is 0 Å². The van der Waals surface area contributed by atoms with Gasteiger partial charge >= 0.3 is 0 Å². The highest BCUT2D eigenvalue weighted by atomic mass is 35.5. The molecule has 0 aliphatic rings. The molecule has 0 aromatic carbocycles. The molecule has 0 unspecified atom stereocenters. The SMILES string of the molecule is CN(C)S(=O)(=O)c1ccc(SCC(=O)Nc2ncc(Cl)cc2Cl)nc1. The summed E-state index contributed by atoms with van der Waals surface area (Å²) in [5, 5.41) is 3.69. The second kappa shape index (κ2) is 8.33. The zero-order valence-corrected chi connectivity index (χ0v) is 16.4. The standard InChI is InChI=1S/C14H14Cl2N4O3S2/c1-20(2)25(22,23)10-3-4-13(17-7-10)24-8-12(21)19-14-11(16)5-9(15)6-18-14/h3-7H,8H2,1-2H3,(H,18,19,21). The van der Waals surface area contributed by atoms with Crippen molar-refractivity contribution in [1.82, 2.24) is 14.3 Å². The van der Waals surface area contributed by atoms with Gasteiger partial charge in [0.05, 0.1) is 20.8 Å². The molecular weight excluding hydrogens is 407 g/mol. The van der Waals surface area contributed by atoms with E-state index >= 15 is 0 Å². The van der Waals surface area contributed by atoms with Gasteiger partial charge in [0.15, 0.2) is 5.82 Å². The molecule has 0 fully saturated rings. The fraction of sp³-hybridized carbons (Fsp3) is 0.214. The van der Waals surface area contributed by atoms with Gasteiger partial charge in [-0.05, 0) is 18.2 Å². The molecule has 0 radical (unpaired) electrons. The van der Waals surface area contributed by atoms with Crippen LogP contribution in [0.25, 0.3) is 0 Å². The summed E-state index contributed by atoms with van der Waals surface area (Å²) in [6.07, 6.45) is 2.63. The predicted octanol–water partition coefficient (Wildman–Crippen LogP) is 2.76. The highest BCUT2D eigenvalue weighted by molar-refractivity contribution is 7.99. The van der Waals surface area contributed by atoms with Gasteiger partial charge in [-0.2, -0.15) is 0 Å². The van der Waals surface area contributed by atoms with E-state index in [9.17, 15) is 13.2 Å². The van der Waals surface area contributed by atoms with Crippen LogP contribution in [-0.2, 0) is 14.8 Å². The lowest BCUT2D eigenvalue weighted by molar-refractivity contribution is -0.113. The van der Waals surface area contributed by atoms with Crippen LogP contribution in [-0.4, -0.2) is 48.4 Å². The monoisotopic (exact) mass is 420 g/mol. The summed E-state index contributed by atoms with van der Waals surface area (Å²) in [7, 11) is -0.640. The number of anilines is 1. The number of rotatable bonds is 6. The molecule has 1 N–H and O–H groups in total. The lowest BCUT2D eigenvalue weighted by Crippen LogP contribution is -2.22. The smallest absolute Gasteiger partial charge is 0.244 e. The highest BCUT2D eigenvalue weighted by Crippen LogP contribution is 2.23. The molecule has 11 heteroatoms. The zero-order chi connectivity index (χ0) is 18.6. The maximum Gasteiger partial charge on any atom is 0.244 e. The first-order valence-electron chi connectivity index (χ1n) is 6.82. The topological polar surface area (TPSA) is 92.3 Å². The third kappa shape index (κ3) is 5.29. The predicted molar refractivity (Wildman–Crippen MR) is 98.7 cm³/mol. The van der Waals surface area contributed by atoms with Crippen molar-refractivity contribution in [3.05, 3.63) is 40.6 Å².